The van der Waals surface area contributed by atoms with Crippen molar-refractivity contribution >= 4 is 12.0 Å². The van der Waals surface area contributed by atoms with E-state index in [-0.39, 0.29) is 17.8 Å². The largest absolute Gasteiger partial charge is 0.507 e. The maximum absolute atomic E-state index is 11.3. The minimum absolute atomic E-state index is 0.0798. The fourth-order valence-electron chi connectivity index (χ4n) is 3.74. The number of piperidine rings is 1. The maximum Gasteiger partial charge on any atom is 0.243 e. The third-order valence-electron chi connectivity index (χ3n) is 5.18. The van der Waals surface area contributed by atoms with Crippen molar-refractivity contribution in [2.45, 2.75) is 25.0 Å². The molecule has 1 amide bonds. The van der Waals surface area contributed by atoms with Crippen LogP contribution in [0.3, 0.4) is 0 Å². The van der Waals surface area contributed by atoms with Crippen LogP contribution < -0.4 is 15.4 Å². The van der Waals surface area contributed by atoms with E-state index in [2.05, 4.69) is 20.8 Å². The third-order valence-corrected chi connectivity index (χ3v) is 5.18. The molecule has 1 aliphatic heterocycles. The minimum Gasteiger partial charge on any atom is -0.507 e. The number of ether oxygens (including phenoxy) is 1. The Morgan fingerprint density at radius 3 is 2.81 bits per heavy atom. The van der Waals surface area contributed by atoms with Gasteiger partial charge in [-0.2, -0.15) is 0 Å². The van der Waals surface area contributed by atoms with Gasteiger partial charge in [0.25, 0.3) is 0 Å². The van der Waals surface area contributed by atoms with E-state index in [4.69, 9.17) is 4.74 Å². The van der Waals surface area contributed by atoms with Crippen LogP contribution in [0.15, 0.2) is 36.4 Å². The Morgan fingerprint density at radius 1 is 1.30 bits per heavy atom. The van der Waals surface area contributed by atoms with E-state index in [9.17, 15) is 9.90 Å². The van der Waals surface area contributed by atoms with Gasteiger partial charge in [-0.05, 0) is 36.3 Å². The second kappa shape index (κ2) is 7.36. The van der Waals surface area contributed by atoms with E-state index >= 15 is 0 Å². The van der Waals surface area contributed by atoms with E-state index in [1.54, 1.807) is 37.4 Å². The topological polar surface area (TPSA) is 96.4 Å². The summed E-state index contributed by atoms with van der Waals surface area (Å²) in [6.45, 7) is 1.01. The molecule has 3 atom stereocenters. The monoisotopic (exact) mass is 366 g/mol. The number of phenols is 1. The Balaban J connectivity index is 1.45. The summed E-state index contributed by atoms with van der Waals surface area (Å²) in [4.78, 5) is 11.3. The summed E-state index contributed by atoms with van der Waals surface area (Å²) in [6, 6.07) is 9.31. The first-order valence-corrected chi connectivity index (χ1v) is 9.09. The summed E-state index contributed by atoms with van der Waals surface area (Å²) in [5.74, 6) is 0.944. The molecule has 27 heavy (non-hydrogen) atoms. The molecule has 1 aliphatic carbocycles. The van der Waals surface area contributed by atoms with Crippen LogP contribution >= 0.6 is 0 Å². The summed E-state index contributed by atoms with van der Waals surface area (Å²) in [6.07, 6.45) is 5.43. The zero-order chi connectivity index (χ0) is 18.8. The average molecular weight is 366 g/mol. The molecule has 0 unspecified atom stereocenters. The van der Waals surface area contributed by atoms with Crippen molar-refractivity contribution in [1.29, 1.82) is 0 Å². The molecule has 140 valence electrons. The smallest absolute Gasteiger partial charge is 0.243 e. The average Bonchev–Trinajstić information content (AvgIpc) is 3.30. The number of nitrogens with one attached hydrogen (secondary N) is 2. The molecule has 2 bridgehead atoms. The number of hydrogen-bond acceptors (Lipinski definition) is 6. The highest BCUT2D eigenvalue weighted by Gasteiger charge is 2.41. The molecule has 0 spiro atoms. The van der Waals surface area contributed by atoms with Crippen LogP contribution in [0.25, 0.3) is 17.3 Å². The van der Waals surface area contributed by atoms with E-state index in [1.807, 2.05) is 6.07 Å². The summed E-state index contributed by atoms with van der Waals surface area (Å²) >= 11 is 0. The van der Waals surface area contributed by atoms with Gasteiger partial charge in [0.15, 0.2) is 0 Å². The number of carbonyl (C=O) groups excluding carboxylic acids is 1. The van der Waals surface area contributed by atoms with Crippen molar-refractivity contribution in [3.05, 3.63) is 42.0 Å². The molecule has 1 saturated carbocycles. The predicted molar refractivity (Wildman–Crippen MR) is 101 cm³/mol. The molecule has 2 aliphatic rings. The van der Waals surface area contributed by atoms with Crippen LogP contribution in [0.5, 0.6) is 11.6 Å². The predicted octanol–water partition coefficient (Wildman–Crippen LogP) is 1.74. The van der Waals surface area contributed by atoms with Crippen molar-refractivity contribution in [1.82, 2.24) is 20.8 Å². The van der Waals surface area contributed by atoms with Gasteiger partial charge in [0.05, 0.1) is 5.69 Å². The van der Waals surface area contributed by atoms with Gasteiger partial charge in [0.1, 0.15) is 11.9 Å². The number of fused-ring (bicyclic) bond motifs is 2. The van der Waals surface area contributed by atoms with Gasteiger partial charge in [0, 0.05) is 49.7 Å². The van der Waals surface area contributed by atoms with Gasteiger partial charge in [-0.15, -0.1) is 10.2 Å². The Bertz CT molecular complexity index is 866. The van der Waals surface area contributed by atoms with Gasteiger partial charge in [-0.1, -0.05) is 6.07 Å². The van der Waals surface area contributed by atoms with Crippen molar-refractivity contribution in [2.75, 3.05) is 13.6 Å². The number of carbonyl (C=O) groups is 1. The van der Waals surface area contributed by atoms with Crippen LogP contribution in [-0.4, -0.2) is 46.9 Å². The van der Waals surface area contributed by atoms with E-state index in [1.165, 1.54) is 12.5 Å². The molecule has 0 radical (unpaired) electrons. The summed E-state index contributed by atoms with van der Waals surface area (Å²) in [5, 5.41) is 24.6. The van der Waals surface area contributed by atoms with E-state index < -0.39 is 0 Å². The van der Waals surface area contributed by atoms with Crippen LogP contribution in [0.2, 0.25) is 0 Å². The molecule has 2 aromatic rings. The Labute approximate surface area is 157 Å². The molecule has 7 heteroatoms. The van der Waals surface area contributed by atoms with Crippen LogP contribution in [0.1, 0.15) is 18.4 Å². The zero-order valence-corrected chi connectivity index (χ0v) is 15.1. The Morgan fingerprint density at radius 2 is 2.19 bits per heavy atom. The van der Waals surface area contributed by atoms with E-state index in [0.717, 1.165) is 18.5 Å². The van der Waals surface area contributed by atoms with Crippen molar-refractivity contribution in [3.8, 4) is 22.9 Å². The van der Waals surface area contributed by atoms with Gasteiger partial charge in [0.2, 0.25) is 11.8 Å². The number of amides is 1. The molecule has 1 aromatic carbocycles. The normalized spacial score (nSPS) is 23.7. The highest BCUT2D eigenvalue weighted by molar-refractivity contribution is 5.91. The highest BCUT2D eigenvalue weighted by Crippen LogP contribution is 2.34. The number of aromatic nitrogens is 2. The van der Waals surface area contributed by atoms with Gasteiger partial charge in [-0.25, -0.2) is 0 Å². The SMILES string of the molecule is CNC(=O)/C=C/c1ccc(-c2ccc(O[C@H]3C[C@H]4C[C@@H]3CN4)nn2)c(O)c1. The number of nitrogens with zero attached hydrogens (tertiary/aromatic N) is 2. The molecule has 3 N–H and O–H groups in total. The molecular weight excluding hydrogens is 344 g/mol. The molecule has 2 fully saturated rings. The van der Waals surface area contributed by atoms with Gasteiger partial charge in [-0.3, -0.25) is 4.79 Å². The lowest BCUT2D eigenvalue weighted by Gasteiger charge is -2.22. The summed E-state index contributed by atoms with van der Waals surface area (Å²) in [5.41, 5.74) is 1.87. The number of phenolic OH excluding ortho intramolecular Hbond substituents is 1. The number of hydrogen-bond donors (Lipinski definition) is 3. The lowest BCUT2D eigenvalue weighted by atomic mass is 10.1. The first-order chi connectivity index (χ1) is 13.1. The van der Waals surface area contributed by atoms with E-state index in [0.29, 0.717) is 29.1 Å². The maximum atomic E-state index is 11.3. The molecule has 2 heterocycles. The molecular formula is C20H22N4O3. The first-order valence-electron chi connectivity index (χ1n) is 9.09. The van der Waals surface area contributed by atoms with Crippen molar-refractivity contribution < 1.29 is 14.6 Å². The fourth-order valence-corrected chi connectivity index (χ4v) is 3.74. The molecule has 1 saturated heterocycles. The standard InChI is InChI=1S/C20H22N4O3/c1-21-19(26)6-3-12-2-4-15(17(25)8-12)16-5-7-20(24-23-16)27-18-10-14-9-13(18)11-22-14/h2-8,13-14,18,22,25H,9-11H2,1H3,(H,21,26)/b6-3+/t13-,14-,18+/m1/s1. The minimum atomic E-state index is -0.203. The lowest BCUT2D eigenvalue weighted by molar-refractivity contribution is -0.115. The molecule has 7 nitrogen and oxygen atoms in total. The summed E-state index contributed by atoms with van der Waals surface area (Å²) in [7, 11) is 1.56. The number of likely N-dealkylation sites (N-methyl/N-ethyl adjacent to an activating group) is 1. The third kappa shape index (κ3) is 3.78. The van der Waals surface area contributed by atoms with Crippen LogP contribution in [0, 0.1) is 5.92 Å². The molecule has 1 aromatic heterocycles. The number of aromatic hydroxyl groups is 1. The Hall–Kier alpha value is -2.93. The lowest BCUT2D eigenvalue weighted by Crippen LogP contribution is -2.35. The van der Waals surface area contributed by atoms with Gasteiger partial charge >= 0.3 is 0 Å². The van der Waals surface area contributed by atoms with Gasteiger partial charge < -0.3 is 20.5 Å². The Kier molecular flexibility index (Phi) is 4.77. The second-order valence-corrected chi connectivity index (χ2v) is 6.97. The quantitative estimate of drug-likeness (QED) is 0.698. The number of rotatable bonds is 5. The first kappa shape index (κ1) is 17.5. The highest BCUT2D eigenvalue weighted by atomic mass is 16.5. The summed E-state index contributed by atoms with van der Waals surface area (Å²) < 4.78 is 5.99. The zero-order valence-electron chi connectivity index (χ0n) is 15.1. The number of benzene rings is 1. The van der Waals surface area contributed by atoms with Crippen LogP contribution in [0.4, 0.5) is 0 Å². The molecule has 4 rings (SSSR count). The van der Waals surface area contributed by atoms with Crippen molar-refractivity contribution in [2.24, 2.45) is 5.92 Å². The van der Waals surface area contributed by atoms with Crippen molar-refractivity contribution in [3.63, 3.8) is 0 Å². The second-order valence-electron chi connectivity index (χ2n) is 6.97. The van der Waals surface area contributed by atoms with Crippen LogP contribution in [-0.2, 0) is 4.79 Å². The fraction of sp³-hybridized carbons (Fsp3) is 0.350.